The Kier molecular flexibility index (Phi) is 19.6. The van der Waals surface area contributed by atoms with Crippen molar-refractivity contribution in [2.75, 3.05) is 47.9 Å². The van der Waals surface area contributed by atoms with Crippen LogP contribution >= 0.6 is 0 Å². The number of β-amino-alcohol motifs (C(OH)–C–C–N with tert-alkyl or cyclic N) is 1. The summed E-state index contributed by atoms with van der Waals surface area (Å²) in [4.78, 5) is 73.8. The molecule has 1 aromatic rings. The molecule has 1 aromatic carbocycles. The average Bonchev–Trinajstić information content (AvgIpc) is 3.88. The van der Waals surface area contributed by atoms with Gasteiger partial charge in [0, 0.05) is 40.9 Å². The molecule has 15 nitrogen and oxygen atoms in total. The Bertz CT molecular complexity index is 1510. The van der Waals surface area contributed by atoms with E-state index in [9.17, 15) is 29.1 Å². The third-order valence-corrected chi connectivity index (χ3v) is 12.4. The third kappa shape index (κ3) is 12.9. The molecule has 3 rings (SSSR count). The second-order valence-corrected chi connectivity index (χ2v) is 17.2. The van der Waals surface area contributed by atoms with Gasteiger partial charge in [-0.05, 0) is 56.6 Å². The Hall–Kier alpha value is -3.79. The lowest BCUT2D eigenvalue weighted by molar-refractivity contribution is -0.148. The van der Waals surface area contributed by atoms with Gasteiger partial charge < -0.3 is 50.0 Å². The van der Waals surface area contributed by atoms with E-state index in [0.29, 0.717) is 31.5 Å². The fourth-order valence-electron chi connectivity index (χ4n) is 8.67. The van der Waals surface area contributed by atoms with Gasteiger partial charge in [-0.15, -0.1) is 0 Å². The second-order valence-electron chi connectivity index (χ2n) is 17.2. The SMILES string of the molecule is CC[C@H](C)[C@@H](C(CC(=O)N1CCC[C@H]1[C@H](OC)[C@@H](C)C(=O)N[C@H](C)[C@@H](OC(=O)N1CC[C@@H](O)C1)c1ccccc1)OC)N(C)C(=O)[C@@H](NC(=O)[C@@H](NC)C(C)C)C(C)C. The number of ether oxygens (including phenoxy) is 3. The zero-order valence-corrected chi connectivity index (χ0v) is 37.6. The molecule has 4 N–H and O–H groups in total. The van der Waals surface area contributed by atoms with E-state index in [2.05, 4.69) is 16.0 Å². The highest BCUT2D eigenvalue weighted by Crippen LogP contribution is 2.31. The molecule has 0 aromatic heterocycles. The smallest absolute Gasteiger partial charge is 0.410 e. The summed E-state index contributed by atoms with van der Waals surface area (Å²) >= 11 is 0. The molecule has 2 saturated heterocycles. The number of methoxy groups -OCH3 is 2. The number of hydrogen-bond acceptors (Lipinski definition) is 10. The highest BCUT2D eigenvalue weighted by atomic mass is 16.6. The lowest BCUT2D eigenvalue weighted by Gasteiger charge is -2.41. The van der Waals surface area contributed by atoms with Crippen molar-refractivity contribution in [2.45, 2.75) is 142 Å². The molecule has 2 aliphatic rings. The molecule has 2 aliphatic heterocycles. The van der Waals surface area contributed by atoms with Crippen LogP contribution < -0.4 is 16.0 Å². The van der Waals surface area contributed by atoms with Crippen molar-refractivity contribution >= 4 is 29.7 Å². The number of rotatable bonds is 21. The van der Waals surface area contributed by atoms with Crippen LogP contribution in [-0.4, -0.2) is 146 Å². The first-order valence-corrected chi connectivity index (χ1v) is 21.5. The zero-order chi connectivity index (χ0) is 44.1. The topological polar surface area (TPSA) is 179 Å². The van der Waals surface area contributed by atoms with E-state index in [1.807, 2.05) is 71.9 Å². The van der Waals surface area contributed by atoms with Gasteiger partial charge in [-0.3, -0.25) is 19.2 Å². The minimum atomic E-state index is -0.796. The Labute approximate surface area is 352 Å². The van der Waals surface area contributed by atoms with E-state index in [1.54, 1.807) is 52.0 Å². The number of likely N-dealkylation sites (tertiary alicyclic amines) is 2. The van der Waals surface area contributed by atoms with E-state index in [1.165, 1.54) is 4.90 Å². The maximum atomic E-state index is 14.3. The number of aliphatic hydroxyl groups is 1. The summed E-state index contributed by atoms with van der Waals surface area (Å²) in [6.45, 7) is 16.4. The number of benzene rings is 1. The van der Waals surface area contributed by atoms with Crippen molar-refractivity contribution in [2.24, 2.45) is 23.7 Å². The van der Waals surface area contributed by atoms with Gasteiger partial charge >= 0.3 is 6.09 Å². The molecule has 0 bridgehead atoms. The summed E-state index contributed by atoms with van der Waals surface area (Å²) in [6, 6.07) is 6.48. The predicted molar refractivity (Wildman–Crippen MR) is 226 cm³/mol. The fraction of sp³-hybridized carbons (Fsp3) is 0.750. The van der Waals surface area contributed by atoms with Crippen molar-refractivity contribution < 1.29 is 43.3 Å². The number of aliphatic hydroxyl groups excluding tert-OH is 1. The van der Waals surface area contributed by atoms with Crippen LogP contribution in [0.3, 0.4) is 0 Å². The number of carbonyl (C=O) groups excluding carboxylic acids is 5. The largest absolute Gasteiger partial charge is 0.439 e. The average molecular weight is 831 g/mol. The van der Waals surface area contributed by atoms with Crippen LogP contribution in [-0.2, 0) is 33.4 Å². The minimum absolute atomic E-state index is 0.000274. The van der Waals surface area contributed by atoms with E-state index in [4.69, 9.17) is 14.2 Å². The number of nitrogens with one attached hydrogen (secondary N) is 3. The molecule has 15 heteroatoms. The van der Waals surface area contributed by atoms with E-state index >= 15 is 0 Å². The van der Waals surface area contributed by atoms with Crippen LogP contribution in [0.1, 0.15) is 99.2 Å². The molecule has 2 fully saturated rings. The van der Waals surface area contributed by atoms with E-state index < -0.39 is 66.6 Å². The molecule has 1 unspecified atom stereocenters. The van der Waals surface area contributed by atoms with Crippen molar-refractivity contribution in [1.82, 2.24) is 30.7 Å². The maximum Gasteiger partial charge on any atom is 0.410 e. The maximum absolute atomic E-state index is 14.3. The lowest BCUT2D eigenvalue weighted by Crippen LogP contribution is -2.59. The fourth-order valence-corrected chi connectivity index (χ4v) is 8.67. The van der Waals surface area contributed by atoms with Gasteiger partial charge in [-0.2, -0.15) is 0 Å². The first kappa shape index (κ1) is 49.6. The molecule has 11 atom stereocenters. The lowest BCUT2D eigenvalue weighted by atomic mass is 9.89. The third-order valence-electron chi connectivity index (χ3n) is 12.4. The van der Waals surface area contributed by atoms with Gasteiger partial charge in [0.2, 0.25) is 23.6 Å². The van der Waals surface area contributed by atoms with Gasteiger partial charge in [-0.25, -0.2) is 4.79 Å². The number of amides is 5. The van der Waals surface area contributed by atoms with Gasteiger partial charge in [0.1, 0.15) is 12.1 Å². The normalized spacial score (nSPS) is 21.5. The van der Waals surface area contributed by atoms with Crippen LogP contribution in [0, 0.1) is 23.7 Å². The van der Waals surface area contributed by atoms with Crippen LogP contribution in [0.4, 0.5) is 4.79 Å². The quantitative estimate of drug-likeness (QED) is 0.143. The van der Waals surface area contributed by atoms with Gasteiger partial charge in [0.25, 0.3) is 0 Å². The predicted octanol–water partition coefficient (Wildman–Crippen LogP) is 3.74. The molecule has 0 saturated carbocycles. The number of carbonyl (C=O) groups is 5. The van der Waals surface area contributed by atoms with Crippen molar-refractivity contribution in [3.05, 3.63) is 35.9 Å². The van der Waals surface area contributed by atoms with Crippen LogP contribution in [0.15, 0.2) is 30.3 Å². The highest BCUT2D eigenvalue weighted by Gasteiger charge is 2.43. The van der Waals surface area contributed by atoms with Gasteiger partial charge in [-0.1, -0.05) is 85.2 Å². The first-order valence-electron chi connectivity index (χ1n) is 21.5. The van der Waals surface area contributed by atoms with Gasteiger partial charge in [0.15, 0.2) is 0 Å². The van der Waals surface area contributed by atoms with Crippen molar-refractivity contribution in [1.29, 1.82) is 0 Å². The molecule has 5 amide bonds. The number of nitrogens with zero attached hydrogens (tertiary/aromatic N) is 3. The van der Waals surface area contributed by atoms with E-state index in [-0.39, 0.29) is 54.3 Å². The number of hydrogen-bond donors (Lipinski definition) is 4. The van der Waals surface area contributed by atoms with Gasteiger partial charge in [0.05, 0.1) is 54.8 Å². The molecule has 2 heterocycles. The van der Waals surface area contributed by atoms with Crippen molar-refractivity contribution in [3.63, 3.8) is 0 Å². The van der Waals surface area contributed by atoms with Crippen LogP contribution in [0.2, 0.25) is 0 Å². The molecular weight excluding hydrogens is 757 g/mol. The summed E-state index contributed by atoms with van der Waals surface area (Å²) in [5, 5.41) is 19.1. The summed E-state index contributed by atoms with van der Waals surface area (Å²) in [6.07, 6.45) is -0.691. The molecule has 0 radical (unpaired) electrons. The Morgan fingerprint density at radius 1 is 0.881 bits per heavy atom. The van der Waals surface area contributed by atoms with Crippen LogP contribution in [0.5, 0.6) is 0 Å². The standard InChI is InChI=1S/C44H74N6O9/c1-13-28(6)38(48(10)43(55)37(27(4)5)47-42(54)36(45-9)26(2)3)34(57-11)24-35(52)50-22-17-20-33(50)39(58-12)29(7)41(53)46-30(8)40(31-18-15-14-16-19-31)59-44(56)49-23-21-32(51)25-49/h14-16,18-19,26-30,32-34,36-40,45,51H,13,17,20-25H2,1-12H3,(H,46,53)(H,47,54)/t28-,29+,30+,32+,33-,34?,36-,37-,38-,39+,40+/m0/s1. The molecule has 59 heavy (non-hydrogen) atoms. The summed E-state index contributed by atoms with van der Waals surface area (Å²) in [7, 11) is 6.54. The van der Waals surface area contributed by atoms with Crippen LogP contribution in [0.25, 0.3) is 0 Å². The monoisotopic (exact) mass is 831 g/mol. The summed E-state index contributed by atoms with van der Waals surface area (Å²) < 4.78 is 18.0. The summed E-state index contributed by atoms with van der Waals surface area (Å²) in [5.41, 5.74) is 0.714. The zero-order valence-electron chi connectivity index (χ0n) is 37.6. The Morgan fingerprint density at radius 3 is 2.05 bits per heavy atom. The Morgan fingerprint density at radius 2 is 1.53 bits per heavy atom. The molecular formula is C44H74N6O9. The minimum Gasteiger partial charge on any atom is -0.439 e. The second kappa shape index (κ2) is 23.3. The molecule has 334 valence electrons. The molecule has 0 spiro atoms. The van der Waals surface area contributed by atoms with Crippen molar-refractivity contribution in [3.8, 4) is 0 Å². The Balaban J connectivity index is 1.77. The summed E-state index contributed by atoms with van der Waals surface area (Å²) in [5.74, 6) is -1.88. The molecule has 0 aliphatic carbocycles. The number of likely N-dealkylation sites (N-methyl/N-ethyl adjacent to an activating group) is 2. The highest BCUT2D eigenvalue weighted by molar-refractivity contribution is 5.90. The first-order chi connectivity index (χ1) is 27.9. The van der Waals surface area contributed by atoms with E-state index in [0.717, 1.165) is 12.8 Å².